The van der Waals surface area contributed by atoms with Crippen LogP contribution < -0.4 is 5.32 Å². The molecule has 2 aromatic carbocycles. The molecule has 1 heterocycles. The largest absolute Gasteiger partial charge is 0.465 e. The topological polar surface area (TPSA) is 75.7 Å². The number of ether oxygens (including phenoxy) is 1. The molecule has 1 aliphatic rings. The lowest BCUT2D eigenvalue weighted by molar-refractivity contribution is -0.128. The molecule has 28 heavy (non-hydrogen) atoms. The Hall–Kier alpha value is -3.29. The van der Waals surface area contributed by atoms with Crippen molar-refractivity contribution in [3.05, 3.63) is 64.7 Å². The van der Waals surface area contributed by atoms with Crippen molar-refractivity contribution in [3.8, 4) is 0 Å². The molecule has 1 aliphatic heterocycles. The van der Waals surface area contributed by atoms with Gasteiger partial charge >= 0.3 is 5.97 Å². The van der Waals surface area contributed by atoms with Gasteiger partial charge in [0.1, 0.15) is 11.6 Å². The molecule has 0 aliphatic carbocycles. The predicted octanol–water partition coefficient (Wildman–Crippen LogP) is 3.13. The summed E-state index contributed by atoms with van der Waals surface area (Å²) in [5, 5.41) is 2.32. The van der Waals surface area contributed by atoms with Crippen LogP contribution in [0.1, 0.15) is 39.1 Å². The van der Waals surface area contributed by atoms with Crippen LogP contribution in [-0.2, 0) is 16.1 Å². The van der Waals surface area contributed by atoms with Crippen LogP contribution in [0.2, 0.25) is 0 Å². The molecule has 0 saturated carbocycles. The molecule has 0 aromatic heterocycles. The Kier molecular flexibility index (Phi) is 5.67. The predicted molar refractivity (Wildman–Crippen MR) is 96.7 cm³/mol. The van der Waals surface area contributed by atoms with Crippen LogP contribution in [0.4, 0.5) is 14.5 Å². The zero-order chi connectivity index (χ0) is 20.3. The van der Waals surface area contributed by atoms with Gasteiger partial charge in [0, 0.05) is 31.1 Å². The summed E-state index contributed by atoms with van der Waals surface area (Å²) in [6.45, 7) is 1.18. The quantitative estimate of drug-likeness (QED) is 0.799. The Balaban J connectivity index is 1.72. The Labute approximate surface area is 160 Å². The van der Waals surface area contributed by atoms with Crippen molar-refractivity contribution < 1.29 is 27.9 Å². The van der Waals surface area contributed by atoms with Gasteiger partial charge in [-0.15, -0.1) is 0 Å². The highest BCUT2D eigenvalue weighted by molar-refractivity contribution is 6.05. The molecule has 2 aromatic rings. The minimum Gasteiger partial charge on any atom is -0.465 e. The van der Waals surface area contributed by atoms with Gasteiger partial charge in [-0.05, 0) is 30.2 Å². The van der Waals surface area contributed by atoms with Crippen molar-refractivity contribution >= 4 is 23.5 Å². The summed E-state index contributed by atoms with van der Waals surface area (Å²) in [6, 6.07) is 7.92. The Morgan fingerprint density at radius 3 is 2.46 bits per heavy atom. The van der Waals surface area contributed by atoms with Gasteiger partial charge < -0.3 is 15.0 Å². The lowest BCUT2D eigenvalue weighted by Crippen LogP contribution is -2.23. The van der Waals surface area contributed by atoms with Crippen LogP contribution >= 0.6 is 0 Å². The number of amides is 2. The first-order valence-corrected chi connectivity index (χ1v) is 8.64. The van der Waals surface area contributed by atoms with Crippen molar-refractivity contribution in [3.63, 3.8) is 0 Å². The fourth-order valence-electron chi connectivity index (χ4n) is 2.96. The van der Waals surface area contributed by atoms with Crippen molar-refractivity contribution in [2.24, 2.45) is 0 Å². The fraction of sp³-hybridized carbons (Fsp3) is 0.250. The minimum absolute atomic E-state index is 0.106. The number of rotatable bonds is 5. The Morgan fingerprint density at radius 1 is 1.14 bits per heavy atom. The lowest BCUT2D eigenvalue weighted by atomic mass is 10.1. The monoisotopic (exact) mass is 388 g/mol. The first-order valence-electron chi connectivity index (χ1n) is 8.64. The van der Waals surface area contributed by atoms with Gasteiger partial charge in [0.05, 0.1) is 18.4 Å². The van der Waals surface area contributed by atoms with Crippen LogP contribution in [-0.4, -0.2) is 36.3 Å². The number of anilines is 1. The molecule has 1 fully saturated rings. The molecule has 0 bridgehead atoms. The van der Waals surface area contributed by atoms with E-state index in [4.69, 9.17) is 0 Å². The molecule has 2 amide bonds. The van der Waals surface area contributed by atoms with Gasteiger partial charge in [-0.25, -0.2) is 13.6 Å². The second-order valence-corrected chi connectivity index (χ2v) is 6.37. The summed E-state index contributed by atoms with van der Waals surface area (Å²) in [5.41, 5.74) is 0.302. The first-order chi connectivity index (χ1) is 13.4. The van der Waals surface area contributed by atoms with Crippen LogP contribution in [0.5, 0.6) is 0 Å². The number of esters is 1. The fourth-order valence-corrected chi connectivity index (χ4v) is 2.96. The van der Waals surface area contributed by atoms with Gasteiger partial charge in [0.2, 0.25) is 5.91 Å². The van der Waals surface area contributed by atoms with Crippen LogP contribution in [0.15, 0.2) is 36.4 Å². The first kappa shape index (κ1) is 19.5. The number of likely N-dealkylation sites (tertiary alicyclic amines) is 1. The van der Waals surface area contributed by atoms with E-state index in [1.54, 1.807) is 29.2 Å². The number of nitrogens with zero attached hydrogens (tertiary/aromatic N) is 1. The number of benzene rings is 2. The third kappa shape index (κ3) is 4.16. The van der Waals surface area contributed by atoms with E-state index in [-0.39, 0.29) is 17.2 Å². The summed E-state index contributed by atoms with van der Waals surface area (Å²) >= 11 is 0. The van der Waals surface area contributed by atoms with E-state index in [0.717, 1.165) is 25.2 Å². The van der Waals surface area contributed by atoms with E-state index >= 15 is 0 Å². The zero-order valence-corrected chi connectivity index (χ0v) is 15.1. The van der Waals surface area contributed by atoms with Crippen molar-refractivity contribution in [2.45, 2.75) is 19.4 Å². The minimum atomic E-state index is -1.08. The van der Waals surface area contributed by atoms with E-state index in [2.05, 4.69) is 10.1 Å². The number of nitrogens with one attached hydrogen (secondary N) is 1. The molecule has 3 rings (SSSR count). The van der Waals surface area contributed by atoms with Crippen molar-refractivity contribution in [1.82, 2.24) is 4.90 Å². The van der Waals surface area contributed by atoms with Crippen molar-refractivity contribution in [2.75, 3.05) is 19.0 Å². The van der Waals surface area contributed by atoms with Gasteiger partial charge in [0.25, 0.3) is 5.91 Å². The average molecular weight is 388 g/mol. The van der Waals surface area contributed by atoms with Gasteiger partial charge in [-0.2, -0.15) is 0 Å². The Bertz CT molecular complexity index is 929. The normalized spacial score (nSPS) is 13.5. The maximum atomic E-state index is 14.0. The molecule has 0 spiro atoms. The molecule has 0 unspecified atom stereocenters. The number of carbonyl (C=O) groups excluding carboxylic acids is 3. The van der Waals surface area contributed by atoms with E-state index in [0.29, 0.717) is 25.6 Å². The van der Waals surface area contributed by atoms with E-state index in [1.807, 2.05) is 0 Å². The number of hydrogen-bond acceptors (Lipinski definition) is 4. The van der Waals surface area contributed by atoms with E-state index < -0.39 is 29.1 Å². The molecule has 0 atom stereocenters. The number of halogens is 2. The highest BCUT2D eigenvalue weighted by Gasteiger charge is 2.21. The average Bonchev–Trinajstić information content (AvgIpc) is 3.08. The maximum Gasteiger partial charge on any atom is 0.340 e. The van der Waals surface area contributed by atoms with Crippen LogP contribution in [0.3, 0.4) is 0 Å². The smallest absolute Gasteiger partial charge is 0.340 e. The molecule has 0 radical (unpaired) electrons. The summed E-state index contributed by atoms with van der Waals surface area (Å²) in [6.07, 6.45) is 1.40. The number of hydrogen-bond donors (Lipinski definition) is 1. The third-order valence-electron chi connectivity index (χ3n) is 4.47. The lowest BCUT2D eigenvalue weighted by Gasteiger charge is -2.15. The number of methoxy groups -OCH3 is 1. The third-order valence-corrected chi connectivity index (χ3v) is 4.47. The van der Waals surface area contributed by atoms with Crippen molar-refractivity contribution in [1.29, 1.82) is 0 Å². The SMILES string of the molecule is COC(=O)c1cc(NC(=O)c2ccc(CN3CCCC3=O)cc2)c(F)cc1F. The van der Waals surface area contributed by atoms with Crippen LogP contribution in [0, 0.1) is 11.6 Å². The number of carbonyl (C=O) groups is 3. The summed E-state index contributed by atoms with van der Waals surface area (Å²) in [7, 11) is 1.07. The van der Waals surface area contributed by atoms with Gasteiger partial charge in [0.15, 0.2) is 0 Å². The zero-order valence-electron chi connectivity index (χ0n) is 15.1. The van der Waals surface area contributed by atoms with Crippen LogP contribution in [0.25, 0.3) is 0 Å². The van der Waals surface area contributed by atoms with Gasteiger partial charge in [-0.3, -0.25) is 9.59 Å². The molecule has 1 N–H and O–H groups in total. The highest BCUT2D eigenvalue weighted by atomic mass is 19.1. The summed E-state index contributed by atoms with van der Waals surface area (Å²) < 4.78 is 32.1. The molecule has 1 saturated heterocycles. The molecule has 146 valence electrons. The highest BCUT2D eigenvalue weighted by Crippen LogP contribution is 2.21. The molecule has 8 heteroatoms. The summed E-state index contributed by atoms with van der Waals surface area (Å²) in [5.74, 6) is -3.58. The van der Waals surface area contributed by atoms with E-state index in [1.165, 1.54) is 0 Å². The van der Waals surface area contributed by atoms with E-state index in [9.17, 15) is 23.2 Å². The second kappa shape index (κ2) is 8.16. The van der Waals surface area contributed by atoms with Gasteiger partial charge in [-0.1, -0.05) is 12.1 Å². The Morgan fingerprint density at radius 2 is 1.86 bits per heavy atom. The summed E-state index contributed by atoms with van der Waals surface area (Å²) in [4.78, 5) is 37.3. The molecular formula is C20H18F2N2O4. The second-order valence-electron chi connectivity index (χ2n) is 6.37. The molecular weight excluding hydrogens is 370 g/mol. The molecule has 6 nitrogen and oxygen atoms in total. The standard InChI is InChI=1S/C20H18F2N2O4/c1-28-20(27)14-9-17(16(22)10-15(14)21)23-19(26)13-6-4-12(5-7-13)11-24-8-2-3-18(24)25/h4-7,9-10H,2-3,8,11H2,1H3,(H,23,26). The maximum absolute atomic E-state index is 14.0.